The van der Waals surface area contributed by atoms with E-state index in [-0.39, 0.29) is 24.4 Å². The van der Waals surface area contributed by atoms with Gasteiger partial charge in [-0.15, -0.1) is 12.4 Å². The summed E-state index contributed by atoms with van der Waals surface area (Å²) in [6.07, 6.45) is 5.33. The van der Waals surface area contributed by atoms with E-state index in [9.17, 15) is 4.79 Å². The van der Waals surface area contributed by atoms with Crippen molar-refractivity contribution < 1.29 is 4.79 Å². The van der Waals surface area contributed by atoms with Crippen LogP contribution in [-0.4, -0.2) is 30.4 Å². The molecule has 4 heteroatoms. The minimum atomic E-state index is 0. The Morgan fingerprint density at radius 3 is 2.47 bits per heavy atom. The van der Waals surface area contributed by atoms with Gasteiger partial charge in [-0.05, 0) is 24.7 Å². The fourth-order valence-corrected chi connectivity index (χ4v) is 2.52. The van der Waals surface area contributed by atoms with E-state index < -0.39 is 0 Å². The largest absolute Gasteiger partial charge is 0.345 e. The second-order valence-corrected chi connectivity index (χ2v) is 5.58. The van der Waals surface area contributed by atoms with Crippen LogP contribution in [0, 0.1) is 11.8 Å². The first-order chi connectivity index (χ1) is 7.50. The van der Waals surface area contributed by atoms with Gasteiger partial charge in [0.25, 0.3) is 0 Å². The molecule has 1 fully saturated rings. The van der Waals surface area contributed by atoms with Crippen molar-refractivity contribution in [1.29, 1.82) is 0 Å². The van der Waals surface area contributed by atoms with Gasteiger partial charge in [0.2, 0.25) is 5.91 Å². The summed E-state index contributed by atoms with van der Waals surface area (Å²) in [5, 5.41) is 0. The van der Waals surface area contributed by atoms with Gasteiger partial charge in [0.1, 0.15) is 0 Å². The van der Waals surface area contributed by atoms with Crippen LogP contribution in [0.1, 0.15) is 46.0 Å². The highest BCUT2D eigenvalue weighted by atomic mass is 35.5. The normalized spacial score (nSPS) is 24.3. The maximum absolute atomic E-state index is 12.0. The zero-order valence-corrected chi connectivity index (χ0v) is 12.1. The Kier molecular flexibility index (Phi) is 7.80. The zero-order chi connectivity index (χ0) is 12.1. The summed E-state index contributed by atoms with van der Waals surface area (Å²) in [5.74, 6) is 1.21. The number of hydrogen-bond donors (Lipinski definition) is 1. The van der Waals surface area contributed by atoms with Crippen LogP contribution in [0.3, 0.4) is 0 Å². The Labute approximate surface area is 112 Å². The Hall–Kier alpha value is -0.280. The Morgan fingerprint density at radius 2 is 1.94 bits per heavy atom. The first-order valence-corrected chi connectivity index (χ1v) is 6.50. The molecule has 0 spiro atoms. The second kappa shape index (κ2) is 7.93. The summed E-state index contributed by atoms with van der Waals surface area (Å²) in [6.45, 7) is 5.12. The molecule has 3 nitrogen and oxygen atoms in total. The molecule has 2 unspecified atom stereocenters. The molecule has 2 N–H and O–H groups in total. The number of nitrogens with two attached hydrogens (primary N) is 1. The molecule has 0 radical (unpaired) electrons. The van der Waals surface area contributed by atoms with Crippen LogP contribution in [-0.2, 0) is 4.79 Å². The van der Waals surface area contributed by atoms with Crippen molar-refractivity contribution >= 4 is 18.3 Å². The van der Waals surface area contributed by atoms with E-state index in [1.165, 1.54) is 12.8 Å². The molecule has 0 heterocycles. The van der Waals surface area contributed by atoms with Crippen LogP contribution in [0.5, 0.6) is 0 Å². The summed E-state index contributed by atoms with van der Waals surface area (Å²) >= 11 is 0. The Morgan fingerprint density at radius 1 is 1.35 bits per heavy atom. The smallest absolute Gasteiger partial charge is 0.222 e. The summed E-state index contributed by atoms with van der Waals surface area (Å²) in [4.78, 5) is 13.8. The van der Waals surface area contributed by atoms with Crippen LogP contribution in [0.4, 0.5) is 0 Å². The van der Waals surface area contributed by atoms with Crippen molar-refractivity contribution in [3.05, 3.63) is 0 Å². The number of nitrogens with zero attached hydrogens (tertiary/aromatic N) is 1. The molecule has 0 aromatic rings. The predicted octanol–water partition coefficient (Wildman–Crippen LogP) is 2.43. The lowest BCUT2D eigenvalue weighted by atomic mass is 9.83. The van der Waals surface area contributed by atoms with Gasteiger partial charge >= 0.3 is 0 Å². The van der Waals surface area contributed by atoms with E-state index in [4.69, 9.17) is 5.73 Å². The predicted molar refractivity (Wildman–Crippen MR) is 74.3 cm³/mol. The fourth-order valence-electron chi connectivity index (χ4n) is 2.52. The van der Waals surface area contributed by atoms with E-state index in [1.54, 1.807) is 0 Å². The minimum Gasteiger partial charge on any atom is -0.345 e. The average Bonchev–Trinajstić information content (AvgIpc) is 2.20. The number of halogens is 1. The third kappa shape index (κ3) is 5.73. The molecule has 0 aliphatic heterocycles. The van der Waals surface area contributed by atoms with Crippen LogP contribution < -0.4 is 5.73 Å². The summed E-state index contributed by atoms with van der Waals surface area (Å²) in [5.41, 5.74) is 6.06. The highest BCUT2D eigenvalue weighted by Crippen LogP contribution is 2.26. The van der Waals surface area contributed by atoms with Gasteiger partial charge in [0.05, 0.1) is 0 Å². The Bertz CT molecular complexity index is 233. The second-order valence-electron chi connectivity index (χ2n) is 5.58. The first kappa shape index (κ1) is 16.7. The number of carbonyl (C=O) groups excluding carboxylic acids is 1. The number of amides is 1. The van der Waals surface area contributed by atoms with Crippen LogP contribution in [0.2, 0.25) is 0 Å². The van der Waals surface area contributed by atoms with Crippen molar-refractivity contribution in [1.82, 2.24) is 4.90 Å². The molecule has 0 saturated heterocycles. The van der Waals surface area contributed by atoms with E-state index in [0.29, 0.717) is 18.3 Å². The summed E-state index contributed by atoms with van der Waals surface area (Å²) < 4.78 is 0. The molecule has 0 aromatic carbocycles. The molecule has 0 bridgehead atoms. The van der Waals surface area contributed by atoms with Gasteiger partial charge in [-0.3, -0.25) is 4.79 Å². The summed E-state index contributed by atoms with van der Waals surface area (Å²) in [6, 6.07) is 0.241. The lowest BCUT2D eigenvalue weighted by molar-refractivity contribution is -0.131. The third-order valence-electron chi connectivity index (χ3n) is 3.47. The highest BCUT2D eigenvalue weighted by Gasteiger charge is 2.25. The standard InChI is InChI=1S/C13H26N2O.ClH/c1-10(2)9-15(3)13(16)8-11-6-4-5-7-12(11)14;/h10-12H,4-9,14H2,1-3H3;1H. The average molecular weight is 263 g/mol. The Balaban J connectivity index is 0.00000256. The number of rotatable bonds is 4. The van der Waals surface area contributed by atoms with E-state index in [0.717, 1.165) is 19.4 Å². The molecule has 1 saturated carbocycles. The first-order valence-electron chi connectivity index (χ1n) is 6.50. The molecule has 2 atom stereocenters. The zero-order valence-electron chi connectivity index (χ0n) is 11.3. The van der Waals surface area contributed by atoms with Gasteiger partial charge < -0.3 is 10.6 Å². The van der Waals surface area contributed by atoms with Crippen molar-refractivity contribution in [3.63, 3.8) is 0 Å². The molecule has 1 aliphatic rings. The monoisotopic (exact) mass is 262 g/mol. The molecular formula is C13H27ClN2O. The molecular weight excluding hydrogens is 236 g/mol. The SMILES string of the molecule is CC(C)CN(C)C(=O)CC1CCCCC1N.Cl. The maximum Gasteiger partial charge on any atom is 0.222 e. The third-order valence-corrected chi connectivity index (χ3v) is 3.47. The topological polar surface area (TPSA) is 46.3 Å². The van der Waals surface area contributed by atoms with Gasteiger partial charge in [-0.25, -0.2) is 0 Å². The fraction of sp³-hybridized carbons (Fsp3) is 0.923. The van der Waals surface area contributed by atoms with Gasteiger partial charge in [-0.1, -0.05) is 26.7 Å². The lowest BCUT2D eigenvalue weighted by Crippen LogP contribution is -2.38. The van der Waals surface area contributed by atoms with Crippen molar-refractivity contribution in [2.45, 2.75) is 52.0 Å². The quantitative estimate of drug-likeness (QED) is 0.846. The van der Waals surface area contributed by atoms with Gasteiger partial charge in [0, 0.05) is 26.1 Å². The highest BCUT2D eigenvalue weighted by molar-refractivity contribution is 5.85. The van der Waals surface area contributed by atoms with Gasteiger partial charge in [-0.2, -0.15) is 0 Å². The molecule has 1 aliphatic carbocycles. The van der Waals surface area contributed by atoms with Crippen LogP contribution in [0.25, 0.3) is 0 Å². The molecule has 0 aromatic heterocycles. The van der Waals surface area contributed by atoms with Crippen LogP contribution in [0.15, 0.2) is 0 Å². The van der Waals surface area contributed by atoms with Crippen LogP contribution >= 0.6 is 12.4 Å². The van der Waals surface area contributed by atoms with E-state index in [1.807, 2.05) is 11.9 Å². The molecule has 102 valence electrons. The number of carbonyl (C=O) groups is 1. The molecule has 1 amide bonds. The maximum atomic E-state index is 12.0. The minimum absolute atomic E-state index is 0. The molecule has 17 heavy (non-hydrogen) atoms. The van der Waals surface area contributed by atoms with E-state index >= 15 is 0 Å². The van der Waals surface area contributed by atoms with Crippen molar-refractivity contribution in [2.24, 2.45) is 17.6 Å². The molecule has 1 rings (SSSR count). The summed E-state index contributed by atoms with van der Waals surface area (Å²) in [7, 11) is 1.90. The van der Waals surface area contributed by atoms with Crippen molar-refractivity contribution in [2.75, 3.05) is 13.6 Å². The lowest BCUT2D eigenvalue weighted by Gasteiger charge is -2.30. The van der Waals surface area contributed by atoms with Gasteiger partial charge in [0.15, 0.2) is 0 Å². The van der Waals surface area contributed by atoms with E-state index in [2.05, 4.69) is 13.8 Å². The number of hydrogen-bond acceptors (Lipinski definition) is 2. The van der Waals surface area contributed by atoms with Crippen molar-refractivity contribution in [3.8, 4) is 0 Å².